The van der Waals surface area contributed by atoms with Crippen LogP contribution in [0.4, 0.5) is 13.2 Å². The normalized spacial score (nSPS) is 12.5. The molecule has 9 heteroatoms. The van der Waals surface area contributed by atoms with Crippen LogP contribution in [0.2, 0.25) is 0 Å². The largest absolute Gasteiger partial charge is 0.417 e. The maximum absolute atomic E-state index is 12.9. The summed E-state index contributed by atoms with van der Waals surface area (Å²) in [6.07, 6.45) is -3.54. The van der Waals surface area contributed by atoms with Gasteiger partial charge in [0, 0.05) is 9.13 Å². The first kappa shape index (κ1) is 17.7. The zero-order chi connectivity index (χ0) is 17.1. The molecular formula is C14H10F3IN2O2S. The molecule has 2 aromatic rings. The molecule has 0 aromatic heterocycles. The molecule has 4 nitrogen and oxygen atoms in total. The topological polar surface area (TPSA) is 58.5 Å². The van der Waals surface area contributed by atoms with Crippen molar-refractivity contribution in [2.45, 2.75) is 11.1 Å². The average Bonchev–Trinajstić information content (AvgIpc) is 2.48. The van der Waals surface area contributed by atoms with Gasteiger partial charge in [-0.3, -0.25) is 0 Å². The lowest BCUT2D eigenvalue weighted by Gasteiger charge is -2.12. The zero-order valence-electron chi connectivity index (χ0n) is 11.4. The van der Waals surface area contributed by atoms with Crippen LogP contribution >= 0.6 is 22.6 Å². The molecule has 0 spiro atoms. The number of rotatable bonds is 4. The smallest absolute Gasteiger partial charge is 0.200 e. The fourth-order valence-corrected chi connectivity index (χ4v) is 3.28. The van der Waals surface area contributed by atoms with E-state index < -0.39 is 26.7 Å². The number of alkyl halides is 3. The fourth-order valence-electron chi connectivity index (χ4n) is 1.73. The molecule has 0 bridgehead atoms. The number of benzene rings is 2. The Labute approximate surface area is 144 Å². The van der Waals surface area contributed by atoms with E-state index in [4.69, 9.17) is 0 Å². The second-order valence-corrected chi connectivity index (χ2v) is 7.16. The van der Waals surface area contributed by atoms with Gasteiger partial charge in [0.15, 0.2) is 0 Å². The second-order valence-electron chi connectivity index (χ2n) is 4.37. The van der Waals surface area contributed by atoms with Crippen molar-refractivity contribution in [1.29, 1.82) is 0 Å². The molecule has 0 aliphatic heterocycles. The first-order valence-corrected chi connectivity index (χ1v) is 8.73. The molecule has 0 radical (unpaired) electrons. The Morgan fingerprint density at radius 3 is 2.30 bits per heavy atom. The first-order valence-electron chi connectivity index (χ1n) is 6.17. The number of halogens is 4. The number of hydrazone groups is 1. The van der Waals surface area contributed by atoms with Gasteiger partial charge >= 0.3 is 6.18 Å². The van der Waals surface area contributed by atoms with Crippen LogP contribution in [0.5, 0.6) is 0 Å². The summed E-state index contributed by atoms with van der Waals surface area (Å²) in [5.74, 6) is 0. The molecule has 1 N–H and O–H groups in total. The Hall–Kier alpha value is -1.62. The summed E-state index contributed by atoms with van der Waals surface area (Å²) in [5.41, 5.74) is -0.600. The van der Waals surface area contributed by atoms with Crippen LogP contribution in [0.15, 0.2) is 58.5 Å². The molecule has 0 fully saturated rings. The summed E-state index contributed by atoms with van der Waals surface area (Å²) < 4.78 is 63.6. The van der Waals surface area contributed by atoms with Crippen molar-refractivity contribution in [3.05, 3.63) is 63.2 Å². The van der Waals surface area contributed by atoms with Crippen molar-refractivity contribution < 1.29 is 21.6 Å². The van der Waals surface area contributed by atoms with Gasteiger partial charge in [-0.2, -0.15) is 26.7 Å². The second kappa shape index (κ2) is 6.87. The Kier molecular flexibility index (Phi) is 5.30. The molecule has 0 aliphatic carbocycles. The highest BCUT2D eigenvalue weighted by Gasteiger charge is 2.36. The third kappa shape index (κ3) is 4.44. The molecule has 23 heavy (non-hydrogen) atoms. The van der Waals surface area contributed by atoms with E-state index in [1.807, 2.05) is 22.6 Å². The Morgan fingerprint density at radius 1 is 1.04 bits per heavy atom. The van der Waals surface area contributed by atoms with Crippen LogP contribution in [-0.2, 0) is 16.2 Å². The van der Waals surface area contributed by atoms with Crippen LogP contribution < -0.4 is 4.83 Å². The minimum absolute atomic E-state index is 0.639. The van der Waals surface area contributed by atoms with E-state index in [0.717, 1.165) is 15.7 Å². The Morgan fingerprint density at radius 2 is 1.65 bits per heavy atom. The van der Waals surface area contributed by atoms with Gasteiger partial charge in [-0.05, 0) is 40.8 Å². The molecule has 0 saturated heterocycles. The molecule has 0 heterocycles. The standard InChI is InChI=1S/C14H10F3IN2O2S/c15-14(16,17)11-6-2-4-8-13(11)23(21,22)20-19-9-10-5-1-3-7-12(10)18/h1-9,20H. The number of sulfonamides is 1. The molecule has 2 aromatic carbocycles. The summed E-state index contributed by atoms with van der Waals surface area (Å²) in [6, 6.07) is 10.9. The third-order valence-electron chi connectivity index (χ3n) is 2.76. The molecule has 0 amide bonds. The quantitative estimate of drug-likeness (QED) is 0.436. The van der Waals surface area contributed by atoms with Crippen LogP contribution in [-0.4, -0.2) is 14.6 Å². The van der Waals surface area contributed by atoms with Crippen LogP contribution in [0, 0.1) is 3.57 Å². The lowest BCUT2D eigenvalue weighted by Crippen LogP contribution is -2.22. The number of nitrogens with zero attached hydrogens (tertiary/aromatic N) is 1. The minimum atomic E-state index is -4.77. The van der Waals surface area contributed by atoms with Crippen LogP contribution in [0.1, 0.15) is 11.1 Å². The molecule has 0 atom stereocenters. The van der Waals surface area contributed by atoms with E-state index >= 15 is 0 Å². The highest BCUT2D eigenvalue weighted by molar-refractivity contribution is 14.1. The fraction of sp³-hybridized carbons (Fsp3) is 0.0714. The van der Waals surface area contributed by atoms with Crippen molar-refractivity contribution in [1.82, 2.24) is 4.83 Å². The van der Waals surface area contributed by atoms with E-state index in [-0.39, 0.29) is 0 Å². The maximum Gasteiger partial charge on any atom is 0.417 e. The van der Waals surface area contributed by atoms with E-state index in [0.29, 0.717) is 11.6 Å². The first-order chi connectivity index (χ1) is 10.7. The monoisotopic (exact) mass is 454 g/mol. The number of nitrogens with one attached hydrogen (secondary N) is 1. The van der Waals surface area contributed by atoms with Gasteiger partial charge in [-0.1, -0.05) is 30.3 Å². The third-order valence-corrected chi connectivity index (χ3v) is 5.03. The van der Waals surface area contributed by atoms with Gasteiger partial charge < -0.3 is 0 Å². The highest BCUT2D eigenvalue weighted by atomic mass is 127. The van der Waals surface area contributed by atoms with Crippen molar-refractivity contribution >= 4 is 38.8 Å². The van der Waals surface area contributed by atoms with Crippen molar-refractivity contribution in [3.8, 4) is 0 Å². The summed E-state index contributed by atoms with van der Waals surface area (Å²) in [4.78, 5) is 0.934. The Balaban J connectivity index is 2.29. The maximum atomic E-state index is 12.9. The van der Waals surface area contributed by atoms with Gasteiger partial charge in [0.25, 0.3) is 10.0 Å². The molecule has 0 unspecified atom stereocenters. The van der Waals surface area contributed by atoms with Crippen molar-refractivity contribution in [3.63, 3.8) is 0 Å². The molecule has 122 valence electrons. The molecule has 0 saturated carbocycles. The van der Waals surface area contributed by atoms with E-state index in [2.05, 4.69) is 5.10 Å². The van der Waals surface area contributed by atoms with E-state index in [9.17, 15) is 21.6 Å². The molecular weight excluding hydrogens is 444 g/mol. The lowest BCUT2D eigenvalue weighted by molar-refractivity contribution is -0.139. The zero-order valence-corrected chi connectivity index (χ0v) is 14.4. The van der Waals surface area contributed by atoms with Gasteiger partial charge in [-0.15, -0.1) is 0 Å². The van der Waals surface area contributed by atoms with E-state index in [1.54, 1.807) is 29.1 Å². The predicted octanol–water partition coefficient (Wildman–Crippen LogP) is 3.62. The summed E-state index contributed by atoms with van der Waals surface area (Å²) in [5, 5.41) is 3.54. The van der Waals surface area contributed by atoms with Crippen molar-refractivity contribution in [2.75, 3.05) is 0 Å². The molecule has 2 rings (SSSR count). The van der Waals surface area contributed by atoms with E-state index in [1.165, 1.54) is 12.3 Å². The van der Waals surface area contributed by atoms with Gasteiger partial charge in [0.2, 0.25) is 0 Å². The van der Waals surface area contributed by atoms with Crippen LogP contribution in [0.25, 0.3) is 0 Å². The lowest BCUT2D eigenvalue weighted by atomic mass is 10.2. The predicted molar refractivity (Wildman–Crippen MR) is 88.5 cm³/mol. The molecule has 0 aliphatic rings. The highest BCUT2D eigenvalue weighted by Crippen LogP contribution is 2.33. The van der Waals surface area contributed by atoms with Crippen LogP contribution in [0.3, 0.4) is 0 Å². The average molecular weight is 454 g/mol. The minimum Gasteiger partial charge on any atom is -0.200 e. The number of hydrogen-bond acceptors (Lipinski definition) is 3. The summed E-state index contributed by atoms with van der Waals surface area (Å²) >= 11 is 2.03. The summed E-state index contributed by atoms with van der Waals surface area (Å²) in [6.45, 7) is 0. The number of hydrogen-bond donors (Lipinski definition) is 1. The van der Waals surface area contributed by atoms with Gasteiger partial charge in [-0.25, -0.2) is 4.83 Å². The van der Waals surface area contributed by atoms with Crippen molar-refractivity contribution in [2.24, 2.45) is 5.10 Å². The van der Waals surface area contributed by atoms with Gasteiger partial charge in [0.1, 0.15) is 4.90 Å². The van der Waals surface area contributed by atoms with Gasteiger partial charge in [0.05, 0.1) is 11.8 Å². The Bertz CT molecular complexity index is 836. The summed E-state index contributed by atoms with van der Waals surface area (Å²) in [7, 11) is -4.43. The SMILES string of the molecule is O=S(=O)(NN=Cc1ccccc1I)c1ccccc1C(F)(F)F.